The van der Waals surface area contributed by atoms with E-state index in [1.54, 1.807) is 25.4 Å². The molecule has 2 nitrogen and oxygen atoms in total. The second kappa shape index (κ2) is 4.27. The summed E-state index contributed by atoms with van der Waals surface area (Å²) in [6.07, 6.45) is 5.33. The highest BCUT2D eigenvalue weighted by Gasteiger charge is 2.36. The first kappa shape index (κ1) is 10.6. The zero-order valence-corrected chi connectivity index (χ0v) is 9.04. The zero-order valence-electron chi connectivity index (χ0n) is 9.04. The monoisotopic (exact) mass is 208 g/mol. The predicted molar refractivity (Wildman–Crippen MR) is 58.3 cm³/mol. The van der Waals surface area contributed by atoms with Gasteiger partial charge >= 0.3 is 0 Å². The van der Waals surface area contributed by atoms with E-state index in [2.05, 4.69) is 10.3 Å². The molecule has 1 N–H and O–H groups in total. The smallest absolute Gasteiger partial charge is 0.138 e. The van der Waals surface area contributed by atoms with E-state index >= 15 is 0 Å². The minimum Gasteiger partial charge on any atom is -0.316 e. The second-order valence-corrected chi connectivity index (χ2v) is 4.36. The molecule has 2 atom stereocenters. The predicted octanol–water partition coefficient (Wildman–Crippen LogP) is 2.27. The van der Waals surface area contributed by atoms with Crippen LogP contribution in [0.15, 0.2) is 24.5 Å². The van der Waals surface area contributed by atoms with Crippen molar-refractivity contribution in [2.45, 2.75) is 25.4 Å². The summed E-state index contributed by atoms with van der Waals surface area (Å²) in [5.74, 6) is 0.0652. The largest absolute Gasteiger partial charge is 0.316 e. The van der Waals surface area contributed by atoms with Crippen LogP contribution in [0.3, 0.4) is 0 Å². The topological polar surface area (TPSA) is 24.9 Å². The van der Waals surface area contributed by atoms with Crippen molar-refractivity contribution in [3.05, 3.63) is 30.1 Å². The molecule has 2 unspecified atom stereocenters. The van der Waals surface area contributed by atoms with Crippen molar-refractivity contribution < 1.29 is 4.39 Å². The Morgan fingerprint density at radius 2 is 2.47 bits per heavy atom. The van der Waals surface area contributed by atoms with E-state index in [9.17, 15) is 4.39 Å². The van der Waals surface area contributed by atoms with Crippen LogP contribution in [-0.2, 0) is 5.67 Å². The number of rotatable bonds is 2. The second-order valence-electron chi connectivity index (χ2n) is 4.36. The lowest BCUT2D eigenvalue weighted by atomic mass is 9.81. The van der Waals surface area contributed by atoms with Gasteiger partial charge in [0.05, 0.1) is 0 Å². The lowest BCUT2D eigenvalue weighted by Crippen LogP contribution is -2.40. The Kier molecular flexibility index (Phi) is 3.00. The van der Waals surface area contributed by atoms with Gasteiger partial charge in [-0.25, -0.2) is 4.39 Å². The fraction of sp³-hybridized carbons (Fsp3) is 0.583. The molecule has 0 amide bonds. The molecule has 2 rings (SSSR count). The van der Waals surface area contributed by atoms with Crippen molar-refractivity contribution >= 4 is 0 Å². The van der Waals surface area contributed by atoms with Crippen LogP contribution < -0.4 is 5.32 Å². The summed E-state index contributed by atoms with van der Waals surface area (Å²) in [6.45, 7) is 3.45. The van der Waals surface area contributed by atoms with E-state index in [4.69, 9.17) is 0 Å². The quantitative estimate of drug-likeness (QED) is 0.806. The molecule has 0 radical (unpaired) electrons. The molecule has 82 valence electrons. The highest BCUT2D eigenvalue weighted by molar-refractivity contribution is 5.18. The third-order valence-electron chi connectivity index (χ3n) is 3.29. The molecule has 0 saturated carbocycles. The van der Waals surface area contributed by atoms with Gasteiger partial charge in [-0.05, 0) is 32.4 Å². The normalized spacial score (nSPS) is 25.9. The van der Waals surface area contributed by atoms with E-state index in [0.29, 0.717) is 5.56 Å². The van der Waals surface area contributed by atoms with Crippen LogP contribution in [0.4, 0.5) is 4.39 Å². The van der Waals surface area contributed by atoms with Gasteiger partial charge in [-0.15, -0.1) is 0 Å². The maximum atomic E-state index is 14.6. The molecule has 1 aromatic rings. The molecule has 1 aliphatic rings. The summed E-state index contributed by atoms with van der Waals surface area (Å²) < 4.78 is 14.6. The average molecular weight is 208 g/mol. The number of nitrogens with one attached hydrogen (secondary N) is 1. The van der Waals surface area contributed by atoms with Gasteiger partial charge in [-0.3, -0.25) is 4.98 Å². The van der Waals surface area contributed by atoms with E-state index < -0.39 is 5.67 Å². The fourth-order valence-corrected chi connectivity index (χ4v) is 2.20. The highest BCUT2D eigenvalue weighted by atomic mass is 19.1. The summed E-state index contributed by atoms with van der Waals surface area (Å²) in [4.78, 5) is 3.99. The first-order chi connectivity index (χ1) is 7.21. The molecular formula is C12H17FN2. The molecular weight excluding hydrogens is 191 g/mol. The number of halogens is 1. The minimum absolute atomic E-state index is 0.0652. The first-order valence-electron chi connectivity index (χ1n) is 5.51. The summed E-state index contributed by atoms with van der Waals surface area (Å²) >= 11 is 0. The van der Waals surface area contributed by atoms with Crippen molar-refractivity contribution in [2.75, 3.05) is 13.1 Å². The third-order valence-corrected chi connectivity index (χ3v) is 3.29. The Morgan fingerprint density at radius 1 is 1.60 bits per heavy atom. The van der Waals surface area contributed by atoms with E-state index in [-0.39, 0.29) is 5.92 Å². The van der Waals surface area contributed by atoms with Crippen molar-refractivity contribution in [3.63, 3.8) is 0 Å². The molecule has 1 aliphatic heterocycles. The molecule has 15 heavy (non-hydrogen) atoms. The lowest BCUT2D eigenvalue weighted by Gasteiger charge is -2.33. The van der Waals surface area contributed by atoms with Gasteiger partial charge < -0.3 is 5.32 Å². The van der Waals surface area contributed by atoms with E-state index in [1.807, 2.05) is 6.07 Å². The SMILES string of the molecule is CC(F)(c1cccnc1)C1CCCNC1. The van der Waals surface area contributed by atoms with Gasteiger partial charge in [0.1, 0.15) is 5.67 Å². The molecule has 0 bridgehead atoms. The summed E-state index contributed by atoms with van der Waals surface area (Å²) in [5, 5.41) is 3.25. The fourth-order valence-electron chi connectivity index (χ4n) is 2.20. The highest BCUT2D eigenvalue weighted by Crippen LogP contribution is 2.36. The number of pyridine rings is 1. The number of hydrogen-bond acceptors (Lipinski definition) is 2. The molecule has 3 heteroatoms. The Balaban J connectivity index is 2.18. The summed E-state index contributed by atoms with van der Waals surface area (Å²) in [5.41, 5.74) is -0.569. The van der Waals surface area contributed by atoms with Crippen LogP contribution in [0.1, 0.15) is 25.3 Å². The summed E-state index contributed by atoms with van der Waals surface area (Å²) in [6, 6.07) is 3.62. The minimum atomic E-state index is -1.26. The number of nitrogens with zero attached hydrogens (tertiary/aromatic N) is 1. The van der Waals surface area contributed by atoms with Crippen LogP contribution in [0, 0.1) is 5.92 Å². The average Bonchev–Trinajstić information content (AvgIpc) is 2.31. The zero-order chi connectivity index (χ0) is 10.7. The Labute approximate surface area is 89.9 Å². The van der Waals surface area contributed by atoms with Gasteiger partial charge in [0.25, 0.3) is 0 Å². The van der Waals surface area contributed by atoms with E-state index in [0.717, 1.165) is 25.9 Å². The Bertz CT molecular complexity index is 305. The van der Waals surface area contributed by atoms with Gasteiger partial charge in [-0.2, -0.15) is 0 Å². The lowest BCUT2D eigenvalue weighted by molar-refractivity contribution is 0.0808. The molecule has 2 heterocycles. The van der Waals surface area contributed by atoms with Crippen LogP contribution in [0.5, 0.6) is 0 Å². The molecule has 1 fully saturated rings. The van der Waals surface area contributed by atoms with Crippen molar-refractivity contribution in [2.24, 2.45) is 5.92 Å². The van der Waals surface area contributed by atoms with Crippen molar-refractivity contribution in [1.82, 2.24) is 10.3 Å². The van der Waals surface area contributed by atoms with Crippen molar-refractivity contribution in [3.8, 4) is 0 Å². The Hall–Kier alpha value is -0.960. The van der Waals surface area contributed by atoms with Crippen LogP contribution in [0.25, 0.3) is 0 Å². The Morgan fingerprint density at radius 3 is 3.07 bits per heavy atom. The van der Waals surface area contributed by atoms with Crippen LogP contribution in [0.2, 0.25) is 0 Å². The molecule has 0 aliphatic carbocycles. The maximum absolute atomic E-state index is 14.6. The van der Waals surface area contributed by atoms with Gasteiger partial charge in [0.2, 0.25) is 0 Å². The van der Waals surface area contributed by atoms with Crippen LogP contribution >= 0.6 is 0 Å². The summed E-state index contributed by atoms with van der Waals surface area (Å²) in [7, 11) is 0. The third kappa shape index (κ3) is 2.17. The first-order valence-corrected chi connectivity index (χ1v) is 5.51. The molecule has 1 aromatic heterocycles. The number of hydrogen-bond donors (Lipinski definition) is 1. The molecule has 0 spiro atoms. The number of piperidine rings is 1. The van der Waals surface area contributed by atoms with Gasteiger partial charge in [0.15, 0.2) is 0 Å². The molecule has 0 aromatic carbocycles. The van der Waals surface area contributed by atoms with Crippen molar-refractivity contribution in [1.29, 1.82) is 0 Å². The number of aromatic nitrogens is 1. The maximum Gasteiger partial charge on any atom is 0.138 e. The standard InChI is InChI=1S/C12H17FN2/c1-12(13,10-4-2-6-14-8-10)11-5-3-7-15-9-11/h2,4,6,8,11,15H,3,5,7,9H2,1H3. The van der Waals surface area contributed by atoms with E-state index in [1.165, 1.54) is 0 Å². The number of alkyl halides is 1. The van der Waals surface area contributed by atoms with Crippen LogP contribution in [-0.4, -0.2) is 18.1 Å². The van der Waals surface area contributed by atoms with Gasteiger partial charge in [0, 0.05) is 30.4 Å². The molecule has 1 saturated heterocycles. The van der Waals surface area contributed by atoms with Gasteiger partial charge in [-0.1, -0.05) is 6.07 Å².